The van der Waals surface area contributed by atoms with E-state index in [4.69, 9.17) is 27.5 Å². The van der Waals surface area contributed by atoms with Gasteiger partial charge in [0.1, 0.15) is 22.4 Å². The van der Waals surface area contributed by atoms with E-state index in [1.165, 1.54) is 30.5 Å². The zero-order valence-corrected chi connectivity index (χ0v) is 10.8. The van der Waals surface area contributed by atoms with E-state index in [1.54, 1.807) is 6.92 Å². The lowest BCUT2D eigenvalue weighted by atomic mass is 10.2. The molecule has 98 valence electrons. The van der Waals surface area contributed by atoms with Crippen molar-refractivity contribution in [3.63, 3.8) is 0 Å². The highest BCUT2D eigenvalue weighted by molar-refractivity contribution is 6.35. The number of aromatic nitrogens is 1. The van der Waals surface area contributed by atoms with Gasteiger partial charge >= 0.3 is 0 Å². The Hall–Kier alpha value is -2.14. The van der Waals surface area contributed by atoms with Crippen LogP contribution in [0.15, 0.2) is 30.5 Å². The number of aryl methyl sites for hydroxylation is 1. The van der Waals surface area contributed by atoms with Gasteiger partial charge in [-0.05, 0) is 36.8 Å². The molecule has 4 nitrogen and oxygen atoms in total. The van der Waals surface area contributed by atoms with E-state index in [-0.39, 0.29) is 22.6 Å². The van der Waals surface area contributed by atoms with Gasteiger partial charge in [-0.1, -0.05) is 11.6 Å². The first kappa shape index (κ1) is 13.3. The second kappa shape index (κ2) is 5.24. The fraction of sp³-hybridized carbons (Fsp3) is 0.0769. The predicted molar refractivity (Wildman–Crippen MR) is 71.5 cm³/mol. The first-order chi connectivity index (χ1) is 8.99. The van der Waals surface area contributed by atoms with Gasteiger partial charge in [-0.25, -0.2) is 9.37 Å². The number of hydrogen-bond acceptors (Lipinski definition) is 3. The number of nitrogen functional groups attached to an aromatic ring is 1. The SMILES string of the molecule is Cc1cc(F)ccc1Oc1nccc(C(=N)N)c1Cl. The molecule has 0 bridgehead atoms. The lowest BCUT2D eigenvalue weighted by Gasteiger charge is -2.10. The van der Waals surface area contributed by atoms with Crippen LogP contribution in [0.2, 0.25) is 5.02 Å². The second-order valence-corrected chi connectivity index (χ2v) is 4.28. The number of hydrogen-bond donors (Lipinski definition) is 2. The van der Waals surface area contributed by atoms with Crippen LogP contribution in [0.5, 0.6) is 11.6 Å². The van der Waals surface area contributed by atoms with E-state index in [1.807, 2.05) is 0 Å². The van der Waals surface area contributed by atoms with Gasteiger partial charge in [0.05, 0.1) is 0 Å². The highest BCUT2D eigenvalue weighted by Crippen LogP contribution is 2.31. The maximum atomic E-state index is 13.0. The van der Waals surface area contributed by atoms with Gasteiger partial charge in [-0.3, -0.25) is 5.41 Å². The Labute approximate surface area is 114 Å². The van der Waals surface area contributed by atoms with Gasteiger partial charge in [-0.2, -0.15) is 0 Å². The molecule has 0 atom stereocenters. The van der Waals surface area contributed by atoms with Crippen LogP contribution >= 0.6 is 11.6 Å². The third kappa shape index (κ3) is 2.82. The Morgan fingerprint density at radius 1 is 1.42 bits per heavy atom. The monoisotopic (exact) mass is 279 g/mol. The van der Waals surface area contributed by atoms with Crippen molar-refractivity contribution >= 4 is 17.4 Å². The Kier molecular flexibility index (Phi) is 3.66. The molecule has 0 aliphatic rings. The highest BCUT2D eigenvalue weighted by atomic mass is 35.5. The normalized spacial score (nSPS) is 10.3. The van der Waals surface area contributed by atoms with E-state index in [0.717, 1.165) is 0 Å². The van der Waals surface area contributed by atoms with Crippen molar-refractivity contribution in [1.29, 1.82) is 5.41 Å². The van der Waals surface area contributed by atoms with E-state index in [2.05, 4.69) is 4.98 Å². The molecule has 2 rings (SSSR count). The van der Waals surface area contributed by atoms with Crippen LogP contribution in [0.3, 0.4) is 0 Å². The average molecular weight is 280 g/mol. The summed E-state index contributed by atoms with van der Waals surface area (Å²) in [6, 6.07) is 5.64. The summed E-state index contributed by atoms with van der Waals surface area (Å²) in [5.41, 5.74) is 6.35. The summed E-state index contributed by atoms with van der Waals surface area (Å²) in [4.78, 5) is 3.98. The van der Waals surface area contributed by atoms with E-state index >= 15 is 0 Å². The standard InChI is InChI=1S/C13H11ClFN3O/c1-7-6-8(15)2-3-10(7)19-13-11(14)9(12(16)17)4-5-18-13/h2-6H,1H3,(H3,16,17). The molecule has 19 heavy (non-hydrogen) atoms. The molecule has 0 saturated heterocycles. The van der Waals surface area contributed by atoms with Gasteiger partial charge in [0.15, 0.2) is 0 Å². The van der Waals surface area contributed by atoms with Gasteiger partial charge in [-0.15, -0.1) is 0 Å². The fourth-order valence-corrected chi connectivity index (χ4v) is 1.79. The Bertz CT molecular complexity index is 646. The third-order valence-corrected chi connectivity index (χ3v) is 2.86. The number of benzene rings is 1. The molecule has 0 aliphatic heterocycles. The topological polar surface area (TPSA) is 72.0 Å². The molecule has 0 aliphatic carbocycles. The number of nitrogens with two attached hydrogens (primary N) is 1. The fourth-order valence-electron chi connectivity index (χ4n) is 1.54. The van der Waals surface area contributed by atoms with Crippen molar-refractivity contribution in [1.82, 2.24) is 4.98 Å². The minimum absolute atomic E-state index is 0.129. The molecule has 0 spiro atoms. The Balaban J connectivity index is 2.38. The molecule has 1 heterocycles. The number of ether oxygens (including phenoxy) is 1. The van der Waals surface area contributed by atoms with Crippen molar-refractivity contribution in [2.75, 3.05) is 0 Å². The Morgan fingerprint density at radius 3 is 2.79 bits per heavy atom. The highest BCUT2D eigenvalue weighted by Gasteiger charge is 2.12. The van der Waals surface area contributed by atoms with E-state index < -0.39 is 0 Å². The van der Waals surface area contributed by atoms with Crippen LogP contribution in [-0.4, -0.2) is 10.8 Å². The quantitative estimate of drug-likeness (QED) is 0.669. The lowest BCUT2D eigenvalue weighted by Crippen LogP contribution is -2.12. The van der Waals surface area contributed by atoms with E-state index in [9.17, 15) is 4.39 Å². The van der Waals surface area contributed by atoms with Crippen LogP contribution in [0.1, 0.15) is 11.1 Å². The van der Waals surface area contributed by atoms with Crippen molar-refractivity contribution in [2.24, 2.45) is 5.73 Å². The van der Waals surface area contributed by atoms with Crippen LogP contribution in [0, 0.1) is 18.2 Å². The third-order valence-electron chi connectivity index (χ3n) is 2.49. The molecular formula is C13H11ClFN3O. The summed E-state index contributed by atoms with van der Waals surface area (Å²) >= 11 is 6.05. The summed E-state index contributed by atoms with van der Waals surface area (Å²) in [5.74, 6) is 0.0510. The van der Waals surface area contributed by atoms with Gasteiger partial charge in [0, 0.05) is 11.8 Å². The Morgan fingerprint density at radius 2 is 2.16 bits per heavy atom. The first-order valence-corrected chi connectivity index (χ1v) is 5.79. The van der Waals surface area contributed by atoms with Crippen LogP contribution in [-0.2, 0) is 0 Å². The molecule has 0 unspecified atom stereocenters. The minimum Gasteiger partial charge on any atom is -0.437 e. The molecule has 0 amide bonds. The summed E-state index contributed by atoms with van der Waals surface area (Å²) in [6.45, 7) is 1.71. The van der Waals surface area contributed by atoms with Crippen molar-refractivity contribution in [3.8, 4) is 11.6 Å². The number of halogens is 2. The second-order valence-electron chi connectivity index (χ2n) is 3.90. The van der Waals surface area contributed by atoms with Crippen molar-refractivity contribution in [3.05, 3.63) is 52.4 Å². The number of nitrogens with one attached hydrogen (secondary N) is 1. The van der Waals surface area contributed by atoms with Gasteiger partial charge in [0.2, 0.25) is 5.88 Å². The number of rotatable bonds is 3. The first-order valence-electron chi connectivity index (χ1n) is 5.42. The summed E-state index contributed by atoms with van der Waals surface area (Å²) in [6.07, 6.45) is 1.44. The van der Waals surface area contributed by atoms with Gasteiger partial charge < -0.3 is 10.5 Å². The molecule has 3 N–H and O–H groups in total. The minimum atomic E-state index is -0.346. The van der Waals surface area contributed by atoms with E-state index in [0.29, 0.717) is 16.9 Å². The van der Waals surface area contributed by atoms with Crippen molar-refractivity contribution < 1.29 is 9.13 Å². The van der Waals surface area contributed by atoms with Crippen LogP contribution < -0.4 is 10.5 Å². The van der Waals surface area contributed by atoms with Gasteiger partial charge in [0.25, 0.3) is 0 Å². The zero-order chi connectivity index (χ0) is 14.0. The summed E-state index contributed by atoms with van der Waals surface area (Å²) in [7, 11) is 0. The smallest absolute Gasteiger partial charge is 0.238 e. The molecule has 1 aromatic heterocycles. The lowest BCUT2D eigenvalue weighted by molar-refractivity contribution is 0.457. The van der Waals surface area contributed by atoms with Crippen LogP contribution in [0.25, 0.3) is 0 Å². The predicted octanol–water partition coefficient (Wildman–Crippen LogP) is 3.26. The molecule has 0 radical (unpaired) electrons. The molecular weight excluding hydrogens is 269 g/mol. The molecule has 1 aromatic carbocycles. The van der Waals surface area contributed by atoms with Crippen LogP contribution in [0.4, 0.5) is 4.39 Å². The van der Waals surface area contributed by atoms with Crippen molar-refractivity contribution in [2.45, 2.75) is 6.92 Å². The average Bonchev–Trinajstić information content (AvgIpc) is 2.34. The molecule has 0 saturated carbocycles. The maximum absolute atomic E-state index is 13.0. The zero-order valence-electron chi connectivity index (χ0n) is 10.1. The summed E-state index contributed by atoms with van der Waals surface area (Å²) in [5, 5.41) is 7.53. The molecule has 6 heteroatoms. The number of nitrogens with zero attached hydrogens (tertiary/aromatic N) is 1. The molecule has 0 fully saturated rings. The number of pyridine rings is 1. The largest absolute Gasteiger partial charge is 0.437 e. The summed E-state index contributed by atoms with van der Waals surface area (Å²) < 4.78 is 18.5. The molecule has 2 aromatic rings. The number of amidine groups is 1. The maximum Gasteiger partial charge on any atom is 0.238 e.